The molecule has 0 atom stereocenters. The van der Waals surface area contributed by atoms with Gasteiger partial charge in [-0.2, -0.15) is 0 Å². The molecule has 0 aromatic carbocycles. The van der Waals surface area contributed by atoms with Crippen LogP contribution in [0.1, 0.15) is 19.8 Å². The number of aromatic nitrogens is 2. The summed E-state index contributed by atoms with van der Waals surface area (Å²) in [4.78, 5) is 10.5. The molecule has 2 aliphatic rings. The molecular weight excluding hydrogens is 216 g/mol. The largest absolute Gasteiger partial charge is 0.478 e. The minimum Gasteiger partial charge on any atom is -0.478 e. The summed E-state index contributed by atoms with van der Waals surface area (Å²) in [6.45, 7) is 4.38. The minimum atomic E-state index is 0.0245. The molecule has 17 heavy (non-hydrogen) atoms. The molecule has 3 rings (SSSR count). The molecule has 92 valence electrons. The van der Waals surface area contributed by atoms with Crippen molar-refractivity contribution in [2.75, 3.05) is 24.6 Å². The number of nitrogens with two attached hydrogens (primary N) is 1. The van der Waals surface area contributed by atoms with Crippen LogP contribution in [0.5, 0.6) is 5.88 Å². The van der Waals surface area contributed by atoms with Crippen molar-refractivity contribution in [2.45, 2.75) is 25.3 Å². The first-order chi connectivity index (χ1) is 8.21. The van der Waals surface area contributed by atoms with Crippen LogP contribution in [0.15, 0.2) is 12.4 Å². The molecule has 1 aliphatic carbocycles. The first-order valence-electron chi connectivity index (χ1n) is 6.20. The summed E-state index contributed by atoms with van der Waals surface area (Å²) in [5.74, 6) is 2.29. The Morgan fingerprint density at radius 2 is 2.24 bits per heavy atom. The Labute approximate surface area is 101 Å². The smallest absolute Gasteiger partial charge is 0.218 e. The molecule has 5 heteroatoms. The summed E-state index contributed by atoms with van der Waals surface area (Å²) in [6.07, 6.45) is 4.13. The SMILES string of the molecule is CCOc1cc(N2CC(N)(C3CC3)C2)ncn1. The van der Waals surface area contributed by atoms with Gasteiger partial charge in [0.25, 0.3) is 0 Å². The fourth-order valence-corrected chi connectivity index (χ4v) is 2.47. The molecule has 0 spiro atoms. The molecule has 1 aromatic heterocycles. The molecule has 2 N–H and O–H groups in total. The summed E-state index contributed by atoms with van der Waals surface area (Å²) in [5, 5.41) is 0. The Balaban J connectivity index is 1.67. The molecule has 0 unspecified atom stereocenters. The van der Waals surface area contributed by atoms with Crippen molar-refractivity contribution in [1.82, 2.24) is 9.97 Å². The quantitative estimate of drug-likeness (QED) is 0.835. The average Bonchev–Trinajstić information content (AvgIpc) is 3.10. The van der Waals surface area contributed by atoms with Crippen LogP contribution in [-0.2, 0) is 0 Å². The summed E-state index contributed by atoms with van der Waals surface area (Å²) < 4.78 is 5.37. The molecule has 0 bridgehead atoms. The second-order valence-electron chi connectivity index (χ2n) is 5.01. The van der Waals surface area contributed by atoms with E-state index in [0.717, 1.165) is 24.8 Å². The van der Waals surface area contributed by atoms with E-state index in [2.05, 4.69) is 14.9 Å². The van der Waals surface area contributed by atoms with E-state index in [1.54, 1.807) is 6.33 Å². The zero-order valence-electron chi connectivity index (χ0n) is 10.1. The number of anilines is 1. The van der Waals surface area contributed by atoms with Crippen molar-refractivity contribution in [3.8, 4) is 5.88 Å². The molecule has 1 aromatic rings. The number of nitrogens with zero attached hydrogens (tertiary/aromatic N) is 3. The lowest BCUT2D eigenvalue weighted by atomic mass is 9.86. The van der Waals surface area contributed by atoms with Crippen LogP contribution in [-0.4, -0.2) is 35.2 Å². The van der Waals surface area contributed by atoms with Gasteiger partial charge < -0.3 is 15.4 Å². The van der Waals surface area contributed by atoms with Gasteiger partial charge in [-0.25, -0.2) is 9.97 Å². The van der Waals surface area contributed by atoms with Crippen LogP contribution in [0.4, 0.5) is 5.82 Å². The highest BCUT2D eigenvalue weighted by molar-refractivity contribution is 5.46. The van der Waals surface area contributed by atoms with Gasteiger partial charge in [0.05, 0.1) is 12.1 Å². The van der Waals surface area contributed by atoms with Crippen molar-refractivity contribution >= 4 is 5.82 Å². The molecule has 1 saturated carbocycles. The van der Waals surface area contributed by atoms with E-state index in [-0.39, 0.29) is 5.54 Å². The van der Waals surface area contributed by atoms with Crippen molar-refractivity contribution in [1.29, 1.82) is 0 Å². The highest BCUT2D eigenvalue weighted by Gasteiger charge is 2.50. The van der Waals surface area contributed by atoms with Crippen molar-refractivity contribution < 1.29 is 4.74 Å². The lowest BCUT2D eigenvalue weighted by Crippen LogP contribution is -2.69. The predicted octanol–water partition coefficient (Wildman–Crippen LogP) is 0.803. The van der Waals surface area contributed by atoms with Crippen LogP contribution in [0.25, 0.3) is 0 Å². The van der Waals surface area contributed by atoms with Gasteiger partial charge in [0.1, 0.15) is 12.1 Å². The first-order valence-corrected chi connectivity index (χ1v) is 6.20. The maximum atomic E-state index is 6.32. The van der Waals surface area contributed by atoms with Crippen molar-refractivity contribution in [3.05, 3.63) is 12.4 Å². The van der Waals surface area contributed by atoms with E-state index in [4.69, 9.17) is 10.5 Å². The monoisotopic (exact) mass is 234 g/mol. The second-order valence-corrected chi connectivity index (χ2v) is 5.01. The Hall–Kier alpha value is -1.36. The molecule has 2 fully saturated rings. The lowest BCUT2D eigenvalue weighted by molar-refractivity contribution is 0.287. The Morgan fingerprint density at radius 3 is 2.88 bits per heavy atom. The van der Waals surface area contributed by atoms with Gasteiger partial charge in [0.2, 0.25) is 5.88 Å². The van der Waals surface area contributed by atoms with E-state index >= 15 is 0 Å². The van der Waals surface area contributed by atoms with Crippen LogP contribution in [0.2, 0.25) is 0 Å². The van der Waals surface area contributed by atoms with Gasteiger partial charge >= 0.3 is 0 Å². The fourth-order valence-electron chi connectivity index (χ4n) is 2.47. The molecule has 5 nitrogen and oxygen atoms in total. The molecular formula is C12H18N4O. The number of hydrogen-bond donors (Lipinski definition) is 1. The van der Waals surface area contributed by atoms with Crippen molar-refractivity contribution in [3.63, 3.8) is 0 Å². The topological polar surface area (TPSA) is 64.3 Å². The fraction of sp³-hybridized carbons (Fsp3) is 0.667. The highest BCUT2D eigenvalue weighted by atomic mass is 16.5. The third-order valence-corrected chi connectivity index (χ3v) is 3.60. The minimum absolute atomic E-state index is 0.0245. The Morgan fingerprint density at radius 1 is 1.47 bits per heavy atom. The maximum absolute atomic E-state index is 6.32. The van der Waals surface area contributed by atoms with Gasteiger partial charge in [0.15, 0.2) is 0 Å². The van der Waals surface area contributed by atoms with Crippen LogP contribution in [0.3, 0.4) is 0 Å². The molecule has 1 saturated heterocycles. The van der Waals surface area contributed by atoms with Gasteiger partial charge in [-0.3, -0.25) is 0 Å². The first kappa shape index (κ1) is 10.8. The Bertz CT molecular complexity index is 413. The second kappa shape index (κ2) is 3.84. The number of hydrogen-bond acceptors (Lipinski definition) is 5. The van der Waals surface area contributed by atoms with E-state index < -0.39 is 0 Å². The highest BCUT2D eigenvalue weighted by Crippen LogP contribution is 2.43. The van der Waals surface area contributed by atoms with E-state index in [9.17, 15) is 0 Å². The molecule has 1 aliphatic heterocycles. The van der Waals surface area contributed by atoms with Gasteiger partial charge in [0, 0.05) is 19.2 Å². The van der Waals surface area contributed by atoms with E-state index in [0.29, 0.717) is 12.5 Å². The number of rotatable bonds is 4. The van der Waals surface area contributed by atoms with Gasteiger partial charge in [-0.05, 0) is 25.7 Å². The number of ether oxygens (including phenoxy) is 1. The van der Waals surface area contributed by atoms with E-state index in [1.807, 2.05) is 13.0 Å². The lowest BCUT2D eigenvalue weighted by Gasteiger charge is -2.48. The average molecular weight is 234 g/mol. The third-order valence-electron chi connectivity index (χ3n) is 3.60. The molecule has 2 heterocycles. The summed E-state index contributed by atoms with van der Waals surface area (Å²) >= 11 is 0. The zero-order valence-corrected chi connectivity index (χ0v) is 10.1. The van der Waals surface area contributed by atoms with Crippen molar-refractivity contribution in [2.24, 2.45) is 11.7 Å². The predicted molar refractivity (Wildman–Crippen MR) is 65.1 cm³/mol. The van der Waals surface area contributed by atoms with Crippen LogP contribution < -0.4 is 15.4 Å². The Kier molecular flexibility index (Phi) is 2.43. The van der Waals surface area contributed by atoms with Gasteiger partial charge in [-0.1, -0.05) is 0 Å². The maximum Gasteiger partial charge on any atom is 0.218 e. The van der Waals surface area contributed by atoms with Crippen LogP contribution in [0, 0.1) is 5.92 Å². The van der Waals surface area contributed by atoms with Crippen LogP contribution >= 0.6 is 0 Å². The molecule has 0 amide bonds. The van der Waals surface area contributed by atoms with Gasteiger partial charge in [-0.15, -0.1) is 0 Å². The standard InChI is InChI=1S/C12H18N4O/c1-2-17-11-5-10(14-8-15-11)16-6-12(13,7-16)9-3-4-9/h5,8-9H,2-4,6-7,13H2,1H3. The third kappa shape index (κ3) is 1.95. The summed E-state index contributed by atoms with van der Waals surface area (Å²) in [7, 11) is 0. The van der Waals surface area contributed by atoms with E-state index in [1.165, 1.54) is 12.8 Å². The zero-order chi connectivity index (χ0) is 11.9. The normalized spacial score (nSPS) is 22.1. The summed E-state index contributed by atoms with van der Waals surface area (Å²) in [5.41, 5.74) is 6.34. The molecule has 0 radical (unpaired) electrons. The summed E-state index contributed by atoms with van der Waals surface area (Å²) in [6, 6.07) is 1.88.